The summed E-state index contributed by atoms with van der Waals surface area (Å²) in [4.78, 5) is 21.9. The number of tetrazole rings is 1. The molecule has 0 radical (unpaired) electrons. The van der Waals surface area contributed by atoms with Gasteiger partial charge >= 0.3 is 0 Å². The first-order valence-electron chi connectivity index (χ1n) is 11.4. The van der Waals surface area contributed by atoms with Gasteiger partial charge in [-0.3, -0.25) is 4.79 Å². The molecule has 1 aliphatic carbocycles. The quantitative estimate of drug-likeness (QED) is 0.397. The molecule has 0 bridgehead atoms. The Labute approximate surface area is 199 Å². The van der Waals surface area contributed by atoms with Gasteiger partial charge in [0.1, 0.15) is 17.3 Å². The molecule has 176 valence electrons. The SMILES string of the molecule is CC(C)n1nnnc1-c1cccc(NC(=O)c2cc3sc(NC4CCCCC4)nc3cc2F)n1. The molecule has 34 heavy (non-hydrogen) atoms. The minimum absolute atomic E-state index is 0.0442. The number of carbonyl (C=O) groups is 1. The molecule has 9 nitrogen and oxygen atoms in total. The van der Waals surface area contributed by atoms with Crippen LogP contribution in [0.15, 0.2) is 30.3 Å². The molecule has 0 unspecified atom stereocenters. The van der Waals surface area contributed by atoms with Crippen molar-refractivity contribution in [2.75, 3.05) is 10.6 Å². The Morgan fingerprint density at radius 3 is 2.79 bits per heavy atom. The molecule has 5 rings (SSSR count). The molecule has 1 aliphatic rings. The van der Waals surface area contributed by atoms with E-state index in [-0.39, 0.29) is 17.4 Å². The summed E-state index contributed by atoms with van der Waals surface area (Å²) in [5.74, 6) is -0.437. The molecule has 1 fully saturated rings. The van der Waals surface area contributed by atoms with Crippen LogP contribution in [-0.4, -0.2) is 42.1 Å². The molecule has 1 amide bonds. The maximum Gasteiger partial charge on any atom is 0.259 e. The summed E-state index contributed by atoms with van der Waals surface area (Å²) >= 11 is 1.43. The number of halogens is 1. The number of carbonyl (C=O) groups excluding carboxylic acids is 1. The van der Waals surface area contributed by atoms with Crippen LogP contribution in [0.4, 0.5) is 15.3 Å². The van der Waals surface area contributed by atoms with Crippen LogP contribution in [0.2, 0.25) is 0 Å². The zero-order valence-electron chi connectivity index (χ0n) is 19.0. The number of thiazole rings is 1. The van der Waals surface area contributed by atoms with Gasteiger partial charge in [-0.15, -0.1) is 5.10 Å². The third-order valence-electron chi connectivity index (χ3n) is 5.86. The van der Waals surface area contributed by atoms with Crippen LogP contribution >= 0.6 is 11.3 Å². The number of hydrogen-bond acceptors (Lipinski definition) is 8. The molecule has 2 N–H and O–H groups in total. The third kappa shape index (κ3) is 4.60. The highest BCUT2D eigenvalue weighted by Crippen LogP contribution is 2.31. The molecular formula is C23H25FN8OS. The Hall–Kier alpha value is -3.47. The van der Waals surface area contributed by atoms with Crippen LogP contribution in [0.25, 0.3) is 21.7 Å². The van der Waals surface area contributed by atoms with Gasteiger partial charge in [0.2, 0.25) is 5.82 Å². The largest absolute Gasteiger partial charge is 0.359 e. The van der Waals surface area contributed by atoms with Crippen molar-refractivity contribution in [2.24, 2.45) is 0 Å². The number of aromatic nitrogens is 6. The van der Waals surface area contributed by atoms with Crippen LogP contribution in [0.5, 0.6) is 0 Å². The molecule has 1 saturated carbocycles. The van der Waals surface area contributed by atoms with Gasteiger partial charge in [-0.2, -0.15) is 0 Å². The number of pyridine rings is 1. The second kappa shape index (κ2) is 9.41. The first-order chi connectivity index (χ1) is 16.5. The minimum Gasteiger partial charge on any atom is -0.359 e. The fraction of sp³-hybridized carbons (Fsp3) is 0.391. The van der Waals surface area contributed by atoms with E-state index in [1.807, 2.05) is 13.8 Å². The number of nitrogens with one attached hydrogen (secondary N) is 2. The second-order valence-electron chi connectivity index (χ2n) is 8.70. The number of fused-ring (bicyclic) bond motifs is 1. The predicted octanol–water partition coefficient (Wildman–Crippen LogP) is 5.06. The number of benzene rings is 1. The van der Waals surface area contributed by atoms with Gasteiger partial charge in [0.15, 0.2) is 5.13 Å². The molecule has 0 atom stereocenters. The molecular weight excluding hydrogens is 455 g/mol. The van der Waals surface area contributed by atoms with Crippen molar-refractivity contribution in [3.05, 3.63) is 41.7 Å². The average Bonchev–Trinajstić information content (AvgIpc) is 3.46. The summed E-state index contributed by atoms with van der Waals surface area (Å²) in [5.41, 5.74) is 0.992. The molecule has 3 heterocycles. The van der Waals surface area contributed by atoms with E-state index in [1.54, 1.807) is 28.9 Å². The van der Waals surface area contributed by atoms with Gasteiger partial charge in [0.25, 0.3) is 5.91 Å². The first kappa shape index (κ1) is 22.3. The number of anilines is 2. The minimum atomic E-state index is -0.626. The fourth-order valence-corrected chi connectivity index (χ4v) is 5.09. The average molecular weight is 481 g/mol. The highest BCUT2D eigenvalue weighted by atomic mass is 32.1. The van der Waals surface area contributed by atoms with E-state index >= 15 is 0 Å². The standard InChI is InChI=1S/C23H25FN8OS/c1-13(2)32-21(29-30-31-32)17-9-6-10-20(26-17)28-22(33)15-11-19-18(12-16(15)24)27-23(34-19)25-14-7-4-3-5-8-14/h6,9-14H,3-5,7-8H2,1-2H3,(H,25,27)(H,26,28,33). The van der Waals surface area contributed by atoms with Crippen molar-refractivity contribution in [3.8, 4) is 11.5 Å². The second-order valence-corrected chi connectivity index (χ2v) is 9.73. The van der Waals surface area contributed by atoms with E-state index in [4.69, 9.17) is 0 Å². The molecule has 0 spiro atoms. The highest BCUT2D eigenvalue weighted by molar-refractivity contribution is 7.22. The predicted molar refractivity (Wildman–Crippen MR) is 129 cm³/mol. The summed E-state index contributed by atoms with van der Waals surface area (Å²) in [7, 11) is 0. The Morgan fingerprint density at radius 2 is 2.00 bits per heavy atom. The third-order valence-corrected chi connectivity index (χ3v) is 6.81. The Balaban J connectivity index is 1.36. The lowest BCUT2D eigenvalue weighted by Crippen LogP contribution is -2.21. The fourth-order valence-electron chi connectivity index (χ4n) is 4.13. The van der Waals surface area contributed by atoms with Crippen molar-refractivity contribution >= 4 is 38.4 Å². The number of hydrogen-bond donors (Lipinski definition) is 2. The van der Waals surface area contributed by atoms with E-state index in [1.165, 1.54) is 36.7 Å². The molecule has 3 aromatic heterocycles. The zero-order valence-corrected chi connectivity index (χ0v) is 19.8. The lowest BCUT2D eigenvalue weighted by molar-refractivity contribution is 0.102. The normalized spacial score (nSPS) is 14.6. The zero-order chi connectivity index (χ0) is 23.7. The maximum absolute atomic E-state index is 14.8. The Bertz CT molecular complexity index is 1330. The smallest absolute Gasteiger partial charge is 0.259 e. The van der Waals surface area contributed by atoms with Crippen molar-refractivity contribution in [3.63, 3.8) is 0 Å². The maximum atomic E-state index is 14.8. The number of nitrogens with zero attached hydrogens (tertiary/aromatic N) is 6. The van der Waals surface area contributed by atoms with Crippen LogP contribution in [0.3, 0.4) is 0 Å². The number of rotatable bonds is 6. The molecule has 11 heteroatoms. The van der Waals surface area contributed by atoms with Crippen LogP contribution < -0.4 is 10.6 Å². The van der Waals surface area contributed by atoms with E-state index in [0.717, 1.165) is 22.7 Å². The van der Waals surface area contributed by atoms with Gasteiger partial charge in [0.05, 0.1) is 21.8 Å². The Morgan fingerprint density at radius 1 is 1.18 bits per heavy atom. The summed E-state index contributed by atoms with van der Waals surface area (Å²) in [5, 5.41) is 18.6. The van der Waals surface area contributed by atoms with Crippen molar-refractivity contribution in [1.29, 1.82) is 0 Å². The Kier molecular flexibility index (Phi) is 6.18. The van der Waals surface area contributed by atoms with E-state index < -0.39 is 11.7 Å². The first-order valence-corrected chi connectivity index (χ1v) is 12.2. The van der Waals surface area contributed by atoms with Crippen LogP contribution in [0, 0.1) is 5.82 Å². The lowest BCUT2D eigenvalue weighted by atomic mass is 9.96. The van der Waals surface area contributed by atoms with E-state index in [0.29, 0.717) is 23.1 Å². The molecule has 0 aliphatic heterocycles. The lowest BCUT2D eigenvalue weighted by Gasteiger charge is -2.22. The van der Waals surface area contributed by atoms with E-state index in [2.05, 4.69) is 36.1 Å². The van der Waals surface area contributed by atoms with Gasteiger partial charge < -0.3 is 10.6 Å². The summed E-state index contributed by atoms with van der Waals surface area (Å²) in [6.07, 6.45) is 5.93. The molecule has 0 saturated heterocycles. The van der Waals surface area contributed by atoms with Gasteiger partial charge in [-0.05, 0) is 55.3 Å². The van der Waals surface area contributed by atoms with Gasteiger partial charge in [0, 0.05) is 12.1 Å². The summed E-state index contributed by atoms with van der Waals surface area (Å²) in [6.45, 7) is 3.92. The van der Waals surface area contributed by atoms with E-state index in [9.17, 15) is 9.18 Å². The highest BCUT2D eigenvalue weighted by Gasteiger charge is 2.19. The van der Waals surface area contributed by atoms with Crippen LogP contribution in [0.1, 0.15) is 62.4 Å². The molecule has 1 aromatic carbocycles. The van der Waals surface area contributed by atoms with Gasteiger partial charge in [-0.1, -0.05) is 36.7 Å². The summed E-state index contributed by atoms with van der Waals surface area (Å²) in [6, 6.07) is 8.44. The van der Waals surface area contributed by atoms with Gasteiger partial charge in [-0.25, -0.2) is 19.0 Å². The topological polar surface area (TPSA) is 111 Å². The number of amides is 1. The van der Waals surface area contributed by atoms with Crippen LogP contribution in [-0.2, 0) is 0 Å². The summed E-state index contributed by atoms with van der Waals surface area (Å²) < 4.78 is 17.2. The monoisotopic (exact) mass is 480 g/mol. The molecule has 4 aromatic rings. The van der Waals surface area contributed by atoms with Crippen molar-refractivity contribution < 1.29 is 9.18 Å². The van der Waals surface area contributed by atoms with Crippen molar-refractivity contribution in [1.82, 2.24) is 30.2 Å². The van der Waals surface area contributed by atoms with Crippen molar-refractivity contribution in [2.45, 2.75) is 58.0 Å².